The Balaban J connectivity index is 1.33. The number of hydrogen-bond donors (Lipinski definition) is 1. The monoisotopic (exact) mass is 425 g/mol. The maximum atomic E-state index is 12.8. The molecule has 2 aromatic carbocycles. The zero-order valence-corrected chi connectivity index (χ0v) is 17.3. The number of halogens is 1. The van der Waals surface area contributed by atoms with Crippen molar-refractivity contribution in [1.29, 1.82) is 0 Å². The zero-order valence-electron chi connectivity index (χ0n) is 16.6. The van der Waals surface area contributed by atoms with E-state index in [-0.39, 0.29) is 11.9 Å². The Kier molecular flexibility index (Phi) is 6.45. The molecule has 0 unspecified atom stereocenters. The molecule has 0 spiro atoms. The van der Waals surface area contributed by atoms with Gasteiger partial charge in [-0.3, -0.25) is 4.79 Å². The third-order valence-corrected chi connectivity index (χ3v) is 5.75. The van der Waals surface area contributed by atoms with Gasteiger partial charge in [-0.05, 0) is 49.1 Å². The molecule has 7 heteroatoms. The van der Waals surface area contributed by atoms with Crippen LogP contribution in [0.4, 0.5) is 0 Å². The molecule has 1 aromatic heterocycles. The number of aryl methyl sites for hydroxylation is 1. The van der Waals surface area contributed by atoms with Crippen LogP contribution in [0.2, 0.25) is 5.02 Å². The summed E-state index contributed by atoms with van der Waals surface area (Å²) in [5, 5.41) is 15.2. The molecule has 2 heterocycles. The average molecular weight is 426 g/mol. The second-order valence-electron chi connectivity index (χ2n) is 7.56. The van der Waals surface area contributed by atoms with Gasteiger partial charge in [0.05, 0.1) is 6.10 Å². The molecule has 1 amide bonds. The molecule has 0 saturated carbocycles. The minimum Gasteiger partial charge on any atom is -0.388 e. The minimum absolute atomic E-state index is 0.0556. The van der Waals surface area contributed by atoms with E-state index in [2.05, 4.69) is 10.1 Å². The molecule has 1 fully saturated rings. The predicted octanol–water partition coefficient (Wildman–Crippen LogP) is 4.44. The van der Waals surface area contributed by atoms with E-state index in [4.69, 9.17) is 16.1 Å². The smallest absolute Gasteiger partial charge is 0.227 e. The maximum absolute atomic E-state index is 12.8. The van der Waals surface area contributed by atoms with Gasteiger partial charge in [0, 0.05) is 36.0 Å². The summed E-state index contributed by atoms with van der Waals surface area (Å²) >= 11 is 5.91. The number of aromatic nitrogens is 2. The molecule has 1 aliphatic rings. The summed E-state index contributed by atoms with van der Waals surface area (Å²) in [6.07, 6.45) is 2.56. The van der Waals surface area contributed by atoms with Gasteiger partial charge >= 0.3 is 0 Å². The van der Waals surface area contributed by atoms with Crippen molar-refractivity contribution in [2.45, 2.75) is 44.2 Å². The summed E-state index contributed by atoms with van der Waals surface area (Å²) in [6, 6.07) is 16.8. The number of nitrogens with zero attached hydrogens (tertiary/aromatic N) is 3. The molecule has 4 rings (SSSR count). The molecule has 0 bridgehead atoms. The SMILES string of the molecule is O=C(CCc1nc(-c2ccc(Cl)cc2)no1)N1CCC[C@H]1C[C@H](O)c1ccccc1. The Labute approximate surface area is 180 Å². The number of likely N-dealkylation sites (tertiary alicyclic amines) is 1. The van der Waals surface area contributed by atoms with Crippen molar-refractivity contribution in [3.8, 4) is 11.4 Å². The highest BCUT2D eigenvalue weighted by Gasteiger charge is 2.30. The number of carbonyl (C=O) groups excluding carboxylic acids is 1. The van der Waals surface area contributed by atoms with E-state index < -0.39 is 6.10 Å². The fourth-order valence-corrected chi connectivity index (χ4v) is 4.03. The largest absolute Gasteiger partial charge is 0.388 e. The Morgan fingerprint density at radius 3 is 2.73 bits per heavy atom. The van der Waals surface area contributed by atoms with Crippen molar-refractivity contribution in [1.82, 2.24) is 15.0 Å². The van der Waals surface area contributed by atoms with Gasteiger partial charge in [0.15, 0.2) is 0 Å². The molecule has 3 aromatic rings. The quantitative estimate of drug-likeness (QED) is 0.605. The summed E-state index contributed by atoms with van der Waals surface area (Å²) < 4.78 is 5.31. The van der Waals surface area contributed by atoms with Gasteiger partial charge in [-0.1, -0.05) is 47.1 Å². The van der Waals surface area contributed by atoms with Gasteiger partial charge in [0.25, 0.3) is 0 Å². The van der Waals surface area contributed by atoms with Crippen LogP contribution in [0, 0.1) is 0 Å². The van der Waals surface area contributed by atoms with E-state index in [1.807, 2.05) is 47.4 Å². The van der Waals surface area contributed by atoms with E-state index in [1.165, 1.54) is 0 Å². The minimum atomic E-state index is -0.567. The van der Waals surface area contributed by atoms with E-state index >= 15 is 0 Å². The second-order valence-corrected chi connectivity index (χ2v) is 8.00. The zero-order chi connectivity index (χ0) is 20.9. The fourth-order valence-electron chi connectivity index (χ4n) is 3.91. The van der Waals surface area contributed by atoms with Crippen molar-refractivity contribution >= 4 is 17.5 Å². The lowest BCUT2D eigenvalue weighted by atomic mass is 10.0. The van der Waals surface area contributed by atoms with E-state index in [9.17, 15) is 9.90 Å². The Bertz CT molecular complexity index is 975. The number of aliphatic hydroxyl groups excluding tert-OH is 1. The molecule has 1 N–H and O–H groups in total. The van der Waals surface area contributed by atoms with Crippen LogP contribution < -0.4 is 0 Å². The topological polar surface area (TPSA) is 79.5 Å². The van der Waals surface area contributed by atoms with Crippen molar-refractivity contribution < 1.29 is 14.4 Å². The summed E-state index contributed by atoms with van der Waals surface area (Å²) in [7, 11) is 0. The number of carbonyl (C=O) groups is 1. The first-order valence-corrected chi connectivity index (χ1v) is 10.6. The van der Waals surface area contributed by atoms with Crippen molar-refractivity contribution in [3.63, 3.8) is 0 Å². The van der Waals surface area contributed by atoms with Crippen LogP contribution in [0.25, 0.3) is 11.4 Å². The van der Waals surface area contributed by atoms with Crippen molar-refractivity contribution in [2.75, 3.05) is 6.54 Å². The fraction of sp³-hybridized carbons (Fsp3) is 0.348. The summed E-state index contributed by atoms with van der Waals surface area (Å²) in [5.41, 5.74) is 1.70. The van der Waals surface area contributed by atoms with Gasteiger partial charge in [0.1, 0.15) is 0 Å². The van der Waals surface area contributed by atoms with Crippen LogP contribution in [0.3, 0.4) is 0 Å². The highest BCUT2D eigenvalue weighted by atomic mass is 35.5. The van der Waals surface area contributed by atoms with Crippen molar-refractivity contribution in [2.24, 2.45) is 0 Å². The average Bonchev–Trinajstić information content (AvgIpc) is 3.43. The van der Waals surface area contributed by atoms with E-state index in [0.717, 1.165) is 30.5 Å². The highest BCUT2D eigenvalue weighted by molar-refractivity contribution is 6.30. The van der Waals surface area contributed by atoms with Gasteiger partial charge < -0.3 is 14.5 Å². The molecule has 2 atom stereocenters. The molecule has 0 aliphatic carbocycles. The molecule has 0 radical (unpaired) electrons. The number of amides is 1. The molecule has 1 saturated heterocycles. The number of hydrogen-bond acceptors (Lipinski definition) is 5. The van der Waals surface area contributed by atoms with E-state index in [0.29, 0.717) is 36.0 Å². The lowest BCUT2D eigenvalue weighted by Gasteiger charge is -2.26. The summed E-state index contributed by atoms with van der Waals surface area (Å²) in [6.45, 7) is 0.727. The molecule has 1 aliphatic heterocycles. The second kappa shape index (κ2) is 9.41. The van der Waals surface area contributed by atoms with Crippen molar-refractivity contribution in [3.05, 3.63) is 71.1 Å². The summed E-state index contributed by atoms with van der Waals surface area (Å²) in [5.74, 6) is 0.983. The van der Waals surface area contributed by atoms with Crippen LogP contribution >= 0.6 is 11.6 Å². The van der Waals surface area contributed by atoms with Crippen LogP contribution in [-0.2, 0) is 11.2 Å². The Hall–Kier alpha value is -2.70. The van der Waals surface area contributed by atoms with Gasteiger partial charge in [-0.15, -0.1) is 0 Å². The molecular formula is C23H24ClN3O3. The Morgan fingerprint density at radius 2 is 1.97 bits per heavy atom. The highest BCUT2D eigenvalue weighted by Crippen LogP contribution is 2.28. The summed E-state index contributed by atoms with van der Waals surface area (Å²) in [4.78, 5) is 19.1. The van der Waals surface area contributed by atoms with Crippen LogP contribution in [-0.4, -0.2) is 38.6 Å². The molecule has 6 nitrogen and oxygen atoms in total. The normalized spacial score (nSPS) is 17.3. The predicted molar refractivity (Wildman–Crippen MR) is 114 cm³/mol. The lowest BCUT2D eigenvalue weighted by Crippen LogP contribution is -2.36. The third kappa shape index (κ3) is 4.89. The molecular weight excluding hydrogens is 402 g/mol. The van der Waals surface area contributed by atoms with Crippen LogP contribution in [0.5, 0.6) is 0 Å². The van der Waals surface area contributed by atoms with Gasteiger partial charge in [-0.25, -0.2) is 0 Å². The van der Waals surface area contributed by atoms with Gasteiger partial charge in [-0.2, -0.15) is 4.98 Å². The van der Waals surface area contributed by atoms with Crippen LogP contribution in [0.15, 0.2) is 59.1 Å². The molecule has 30 heavy (non-hydrogen) atoms. The first-order chi connectivity index (χ1) is 14.6. The van der Waals surface area contributed by atoms with E-state index in [1.54, 1.807) is 12.1 Å². The Morgan fingerprint density at radius 1 is 1.20 bits per heavy atom. The molecule has 156 valence electrons. The maximum Gasteiger partial charge on any atom is 0.227 e. The van der Waals surface area contributed by atoms with Crippen LogP contribution in [0.1, 0.15) is 43.2 Å². The van der Waals surface area contributed by atoms with Gasteiger partial charge in [0.2, 0.25) is 17.6 Å². The lowest BCUT2D eigenvalue weighted by molar-refractivity contribution is -0.132. The number of rotatable bonds is 7. The number of benzene rings is 2. The third-order valence-electron chi connectivity index (χ3n) is 5.50. The first kappa shape index (κ1) is 20.6. The number of aliphatic hydroxyl groups is 1. The first-order valence-electron chi connectivity index (χ1n) is 10.2. The standard InChI is InChI=1S/C23H24ClN3O3/c24-18-10-8-17(9-11-18)23-25-21(30-26-23)12-13-22(29)27-14-4-7-19(27)15-20(28)16-5-2-1-3-6-16/h1-3,5-6,8-11,19-20,28H,4,7,12-15H2/t19-,20-/m0/s1.